The van der Waals surface area contributed by atoms with Crippen molar-refractivity contribution in [3.8, 4) is 0 Å². The molecule has 3 atom stereocenters. The van der Waals surface area contributed by atoms with Crippen LogP contribution < -0.4 is 0 Å². The number of hydrogen-bond acceptors (Lipinski definition) is 5. The van der Waals surface area contributed by atoms with Crippen LogP contribution in [0.5, 0.6) is 0 Å². The van der Waals surface area contributed by atoms with Gasteiger partial charge in [-0.1, -0.05) is 30.3 Å². The summed E-state index contributed by atoms with van der Waals surface area (Å²) in [6, 6.07) is 9.26. The van der Waals surface area contributed by atoms with Crippen LogP contribution in [0, 0.1) is 0 Å². The van der Waals surface area contributed by atoms with Crippen molar-refractivity contribution in [2.75, 3.05) is 26.2 Å². The van der Waals surface area contributed by atoms with Gasteiger partial charge in [0.25, 0.3) is 0 Å². The Morgan fingerprint density at radius 2 is 1.96 bits per heavy atom. The van der Waals surface area contributed by atoms with Crippen LogP contribution in [0.3, 0.4) is 0 Å². The largest absolute Gasteiger partial charge is 0.445 e. The minimum absolute atomic E-state index is 0.119. The molecule has 0 N–H and O–H groups in total. The zero-order valence-electron chi connectivity index (χ0n) is 15.9. The number of benzene rings is 1. The molecule has 0 spiro atoms. The molecule has 0 unspecified atom stereocenters. The molecular formula is C19H28N2O5S. The fourth-order valence-electron chi connectivity index (χ4n) is 3.58. The minimum Gasteiger partial charge on any atom is -0.445 e. The number of morpholine rings is 1. The Labute approximate surface area is 161 Å². The number of ether oxygens (including phenoxy) is 2. The van der Waals surface area contributed by atoms with Gasteiger partial charge in [-0.15, -0.1) is 0 Å². The van der Waals surface area contributed by atoms with Gasteiger partial charge in [0.15, 0.2) is 0 Å². The van der Waals surface area contributed by atoms with E-state index in [0.717, 1.165) is 5.56 Å². The maximum atomic E-state index is 13.1. The Bertz CT molecular complexity index is 740. The van der Waals surface area contributed by atoms with Gasteiger partial charge in [-0.25, -0.2) is 13.2 Å². The SMILES string of the molecule is C[C@@H]1CN(S(=O)(=O)[C@@H]2CCCN(C(=O)OCc3ccccc3)C2)[C@@H](C)CO1. The van der Waals surface area contributed by atoms with Crippen molar-refractivity contribution < 1.29 is 22.7 Å². The van der Waals surface area contributed by atoms with Crippen molar-refractivity contribution in [3.05, 3.63) is 35.9 Å². The molecule has 27 heavy (non-hydrogen) atoms. The third-order valence-electron chi connectivity index (χ3n) is 5.14. The minimum atomic E-state index is -3.50. The van der Waals surface area contributed by atoms with E-state index in [1.165, 1.54) is 4.90 Å². The van der Waals surface area contributed by atoms with E-state index in [4.69, 9.17) is 9.47 Å². The second-order valence-electron chi connectivity index (χ2n) is 7.36. The van der Waals surface area contributed by atoms with Crippen molar-refractivity contribution in [1.82, 2.24) is 9.21 Å². The first-order chi connectivity index (χ1) is 12.9. The zero-order valence-corrected chi connectivity index (χ0v) is 16.7. The first kappa shape index (κ1) is 20.1. The van der Waals surface area contributed by atoms with Crippen molar-refractivity contribution in [2.45, 2.75) is 50.7 Å². The Kier molecular flexibility index (Phi) is 6.39. The third-order valence-corrected chi connectivity index (χ3v) is 7.53. The summed E-state index contributed by atoms with van der Waals surface area (Å²) in [5, 5.41) is -0.594. The highest BCUT2D eigenvalue weighted by molar-refractivity contribution is 7.89. The Hall–Kier alpha value is -1.64. The first-order valence-corrected chi connectivity index (χ1v) is 11.0. The van der Waals surface area contributed by atoms with E-state index in [1.807, 2.05) is 44.2 Å². The first-order valence-electron chi connectivity index (χ1n) is 9.46. The highest BCUT2D eigenvalue weighted by Crippen LogP contribution is 2.25. The molecule has 0 aromatic heterocycles. The molecule has 1 aromatic rings. The van der Waals surface area contributed by atoms with Crippen molar-refractivity contribution in [3.63, 3.8) is 0 Å². The zero-order chi connectivity index (χ0) is 19.4. The molecule has 3 rings (SSSR count). The molecule has 8 heteroatoms. The lowest BCUT2D eigenvalue weighted by atomic mass is 10.1. The Morgan fingerprint density at radius 3 is 2.70 bits per heavy atom. The third kappa shape index (κ3) is 4.80. The van der Waals surface area contributed by atoms with Crippen LogP contribution in [-0.2, 0) is 26.1 Å². The van der Waals surface area contributed by atoms with Crippen LogP contribution in [0.2, 0.25) is 0 Å². The molecule has 2 fully saturated rings. The van der Waals surface area contributed by atoms with E-state index in [1.54, 1.807) is 4.31 Å². The van der Waals surface area contributed by atoms with Crippen LogP contribution in [0.4, 0.5) is 4.79 Å². The molecule has 2 heterocycles. The van der Waals surface area contributed by atoms with E-state index in [-0.39, 0.29) is 25.3 Å². The number of carbonyl (C=O) groups is 1. The topological polar surface area (TPSA) is 76.2 Å². The van der Waals surface area contributed by atoms with E-state index in [0.29, 0.717) is 32.5 Å². The molecule has 0 saturated carbocycles. The number of carbonyl (C=O) groups excluding carboxylic acids is 1. The van der Waals surface area contributed by atoms with Gasteiger partial charge in [0, 0.05) is 25.7 Å². The number of rotatable bonds is 4. The number of hydrogen-bond donors (Lipinski definition) is 0. The second kappa shape index (κ2) is 8.58. The van der Waals surface area contributed by atoms with Gasteiger partial charge in [-0.3, -0.25) is 0 Å². The fraction of sp³-hybridized carbons (Fsp3) is 0.632. The average Bonchev–Trinajstić information content (AvgIpc) is 2.68. The molecule has 1 amide bonds. The summed E-state index contributed by atoms with van der Waals surface area (Å²) in [6.45, 7) is 5.38. The smallest absolute Gasteiger partial charge is 0.410 e. The molecule has 7 nitrogen and oxygen atoms in total. The summed E-state index contributed by atoms with van der Waals surface area (Å²) < 4.78 is 38.7. The molecule has 150 valence electrons. The fourth-order valence-corrected chi connectivity index (χ4v) is 5.77. The number of amides is 1. The van der Waals surface area contributed by atoms with Gasteiger partial charge in [0.1, 0.15) is 6.61 Å². The average molecular weight is 397 g/mol. The lowest BCUT2D eigenvalue weighted by Crippen LogP contribution is -2.56. The van der Waals surface area contributed by atoms with Gasteiger partial charge >= 0.3 is 6.09 Å². The van der Waals surface area contributed by atoms with Crippen molar-refractivity contribution >= 4 is 16.1 Å². The maximum absolute atomic E-state index is 13.1. The second-order valence-corrected chi connectivity index (χ2v) is 9.52. The van der Waals surface area contributed by atoms with Gasteiger partial charge in [-0.2, -0.15) is 4.31 Å². The molecule has 2 aliphatic heterocycles. The van der Waals surface area contributed by atoms with Gasteiger partial charge in [0.05, 0.1) is 18.0 Å². The normalized spacial score (nSPS) is 27.3. The van der Waals surface area contributed by atoms with Crippen LogP contribution in [0.25, 0.3) is 0 Å². The quantitative estimate of drug-likeness (QED) is 0.780. The van der Waals surface area contributed by atoms with E-state index in [9.17, 15) is 13.2 Å². The van der Waals surface area contributed by atoms with Crippen LogP contribution >= 0.6 is 0 Å². The number of sulfonamides is 1. The molecule has 0 aliphatic carbocycles. The predicted octanol–water partition coefficient (Wildman–Crippen LogP) is 2.23. The lowest BCUT2D eigenvalue weighted by Gasteiger charge is -2.40. The van der Waals surface area contributed by atoms with E-state index in [2.05, 4.69) is 0 Å². The maximum Gasteiger partial charge on any atom is 0.410 e. The summed E-state index contributed by atoms with van der Waals surface area (Å²) in [5.74, 6) is 0. The standard InChI is InChI=1S/C19H28N2O5S/c1-15-13-25-16(2)11-21(15)27(23,24)18-9-6-10-20(12-18)19(22)26-14-17-7-4-3-5-8-17/h3-5,7-8,15-16,18H,6,9-14H2,1-2H3/t15-,16+,18+/m0/s1. The molecule has 0 radical (unpaired) electrons. The molecule has 0 bridgehead atoms. The molecule has 1 aromatic carbocycles. The van der Waals surface area contributed by atoms with Gasteiger partial charge in [0.2, 0.25) is 10.0 Å². The summed E-state index contributed by atoms with van der Waals surface area (Å²) in [5.41, 5.74) is 0.906. The van der Waals surface area contributed by atoms with Gasteiger partial charge < -0.3 is 14.4 Å². The highest BCUT2D eigenvalue weighted by atomic mass is 32.2. The summed E-state index contributed by atoms with van der Waals surface area (Å²) in [7, 11) is -3.50. The molecule has 2 saturated heterocycles. The van der Waals surface area contributed by atoms with Crippen LogP contribution in [0.1, 0.15) is 32.3 Å². The predicted molar refractivity (Wildman–Crippen MR) is 102 cm³/mol. The number of likely N-dealkylation sites (tertiary alicyclic amines) is 1. The molecule has 2 aliphatic rings. The summed E-state index contributed by atoms with van der Waals surface area (Å²) in [6.07, 6.45) is 0.635. The summed E-state index contributed by atoms with van der Waals surface area (Å²) in [4.78, 5) is 13.9. The summed E-state index contributed by atoms with van der Waals surface area (Å²) >= 11 is 0. The lowest BCUT2D eigenvalue weighted by molar-refractivity contribution is -0.0176. The highest BCUT2D eigenvalue weighted by Gasteiger charge is 2.41. The van der Waals surface area contributed by atoms with E-state index < -0.39 is 21.4 Å². The Balaban J connectivity index is 1.61. The number of piperidine rings is 1. The Morgan fingerprint density at radius 1 is 1.22 bits per heavy atom. The van der Waals surface area contributed by atoms with Crippen LogP contribution in [0.15, 0.2) is 30.3 Å². The van der Waals surface area contributed by atoms with E-state index >= 15 is 0 Å². The monoisotopic (exact) mass is 396 g/mol. The molecular weight excluding hydrogens is 368 g/mol. The van der Waals surface area contributed by atoms with Crippen LogP contribution in [-0.4, -0.2) is 67.4 Å². The van der Waals surface area contributed by atoms with Gasteiger partial charge in [-0.05, 0) is 32.3 Å². The van der Waals surface area contributed by atoms with Crippen molar-refractivity contribution in [2.24, 2.45) is 0 Å². The number of nitrogens with zero attached hydrogens (tertiary/aromatic N) is 2. The van der Waals surface area contributed by atoms with Crippen molar-refractivity contribution in [1.29, 1.82) is 0 Å².